The summed E-state index contributed by atoms with van der Waals surface area (Å²) >= 11 is 0. The number of nitrogens with zero attached hydrogens (tertiary/aromatic N) is 2. The average molecular weight is 336 g/mol. The van der Waals surface area contributed by atoms with Crippen LogP contribution in [0.3, 0.4) is 0 Å². The van der Waals surface area contributed by atoms with Crippen molar-refractivity contribution in [2.45, 2.75) is 25.8 Å². The summed E-state index contributed by atoms with van der Waals surface area (Å²) < 4.78 is 23.0. The summed E-state index contributed by atoms with van der Waals surface area (Å²) in [7, 11) is -2.90. The van der Waals surface area contributed by atoms with Crippen molar-refractivity contribution >= 4 is 15.7 Å². The van der Waals surface area contributed by atoms with Gasteiger partial charge in [-0.05, 0) is 25.3 Å². The van der Waals surface area contributed by atoms with E-state index >= 15 is 0 Å². The molecular weight excluding hydrogens is 312 g/mol. The molecule has 1 atom stereocenters. The zero-order chi connectivity index (χ0) is 16.4. The summed E-state index contributed by atoms with van der Waals surface area (Å²) in [6.07, 6.45) is 2.03. The fraction of sp³-hybridized carbons (Fsp3) is 0.588. The Kier molecular flexibility index (Phi) is 4.73. The molecule has 2 saturated heterocycles. The third-order valence-corrected chi connectivity index (χ3v) is 6.41. The minimum Gasteiger partial charge on any atom is -0.335 e. The lowest BCUT2D eigenvalue weighted by atomic mass is 10.0. The van der Waals surface area contributed by atoms with Gasteiger partial charge in [0.2, 0.25) is 5.91 Å². The van der Waals surface area contributed by atoms with Crippen LogP contribution in [0.2, 0.25) is 0 Å². The molecule has 0 spiro atoms. The van der Waals surface area contributed by atoms with Crippen molar-refractivity contribution in [2.24, 2.45) is 0 Å². The van der Waals surface area contributed by atoms with Crippen LogP contribution in [0, 0.1) is 6.92 Å². The summed E-state index contributed by atoms with van der Waals surface area (Å²) in [5.41, 5.74) is 2.42. The van der Waals surface area contributed by atoms with Crippen LogP contribution >= 0.6 is 0 Å². The maximum atomic E-state index is 12.7. The van der Waals surface area contributed by atoms with E-state index in [1.807, 2.05) is 15.9 Å². The van der Waals surface area contributed by atoms with Gasteiger partial charge in [0.05, 0.1) is 24.1 Å². The molecule has 2 heterocycles. The minimum atomic E-state index is -2.90. The quantitative estimate of drug-likeness (QED) is 0.837. The van der Waals surface area contributed by atoms with Crippen LogP contribution in [0.5, 0.6) is 0 Å². The van der Waals surface area contributed by atoms with E-state index in [0.717, 1.165) is 19.4 Å². The first-order valence-electron chi connectivity index (χ1n) is 8.23. The number of likely N-dealkylation sites (tertiary alicyclic amines) is 1. The van der Waals surface area contributed by atoms with Crippen molar-refractivity contribution in [3.63, 3.8) is 0 Å². The maximum Gasteiger partial charge on any atom is 0.237 e. The molecule has 2 fully saturated rings. The molecule has 0 saturated carbocycles. The Hall–Kier alpha value is -1.40. The predicted octanol–water partition coefficient (Wildman–Crippen LogP) is 1.39. The number of hydrogen-bond donors (Lipinski definition) is 0. The number of carbonyl (C=O) groups is 1. The van der Waals surface area contributed by atoms with Crippen LogP contribution in [0.1, 0.15) is 30.0 Å². The van der Waals surface area contributed by atoms with Crippen molar-refractivity contribution in [2.75, 3.05) is 37.7 Å². The number of benzene rings is 1. The van der Waals surface area contributed by atoms with Crippen LogP contribution in [-0.2, 0) is 14.6 Å². The highest BCUT2D eigenvalue weighted by Crippen LogP contribution is 2.32. The van der Waals surface area contributed by atoms with E-state index < -0.39 is 9.84 Å². The molecule has 6 heteroatoms. The van der Waals surface area contributed by atoms with Crippen LogP contribution in [-0.4, -0.2) is 61.8 Å². The van der Waals surface area contributed by atoms with E-state index in [-0.39, 0.29) is 23.5 Å². The molecule has 0 N–H and O–H groups in total. The smallest absolute Gasteiger partial charge is 0.237 e. The highest BCUT2D eigenvalue weighted by atomic mass is 32.2. The van der Waals surface area contributed by atoms with E-state index in [4.69, 9.17) is 0 Å². The SMILES string of the molecule is Cc1cccc([C@H]2CCCN2C(=O)CN2CCS(=O)(=O)CC2)c1. The molecule has 1 amide bonds. The Morgan fingerprint density at radius 1 is 1.22 bits per heavy atom. The van der Waals surface area contributed by atoms with E-state index in [9.17, 15) is 13.2 Å². The molecule has 126 valence electrons. The standard InChI is InChI=1S/C17H24N2O3S/c1-14-4-2-5-15(12-14)16-6-3-7-19(16)17(20)13-18-8-10-23(21,22)11-9-18/h2,4-5,12,16H,3,6-11,13H2,1H3/t16-/m1/s1. The summed E-state index contributed by atoms with van der Waals surface area (Å²) in [5.74, 6) is 0.455. The van der Waals surface area contributed by atoms with E-state index in [1.54, 1.807) is 0 Å². The van der Waals surface area contributed by atoms with E-state index in [2.05, 4.69) is 25.1 Å². The summed E-state index contributed by atoms with van der Waals surface area (Å²) in [4.78, 5) is 16.6. The molecule has 0 bridgehead atoms. The number of amides is 1. The van der Waals surface area contributed by atoms with E-state index in [0.29, 0.717) is 19.6 Å². The topological polar surface area (TPSA) is 57.7 Å². The fourth-order valence-electron chi connectivity index (χ4n) is 3.48. The number of hydrogen-bond acceptors (Lipinski definition) is 4. The van der Waals surface area contributed by atoms with Crippen molar-refractivity contribution in [1.82, 2.24) is 9.80 Å². The number of aryl methyl sites for hydroxylation is 1. The number of carbonyl (C=O) groups excluding carboxylic acids is 1. The van der Waals surface area contributed by atoms with E-state index in [1.165, 1.54) is 11.1 Å². The minimum absolute atomic E-state index is 0.119. The van der Waals surface area contributed by atoms with Crippen molar-refractivity contribution < 1.29 is 13.2 Å². The second-order valence-electron chi connectivity index (χ2n) is 6.59. The molecule has 3 rings (SSSR count). The Bertz CT molecular complexity index is 673. The molecule has 1 aromatic carbocycles. The van der Waals surface area contributed by atoms with Crippen LogP contribution < -0.4 is 0 Å². The lowest BCUT2D eigenvalue weighted by Crippen LogP contribution is -2.46. The first-order valence-corrected chi connectivity index (χ1v) is 10.1. The number of sulfone groups is 1. The van der Waals surface area contributed by atoms with Gasteiger partial charge in [-0.15, -0.1) is 0 Å². The first-order chi connectivity index (χ1) is 10.9. The second-order valence-corrected chi connectivity index (χ2v) is 8.89. The van der Waals surface area contributed by atoms with Gasteiger partial charge in [0, 0.05) is 19.6 Å². The van der Waals surface area contributed by atoms with Crippen molar-refractivity contribution in [3.8, 4) is 0 Å². The Morgan fingerprint density at radius 2 is 1.96 bits per heavy atom. The molecule has 0 aromatic heterocycles. The maximum absolute atomic E-state index is 12.7. The highest BCUT2D eigenvalue weighted by Gasteiger charge is 2.31. The number of rotatable bonds is 3. The highest BCUT2D eigenvalue weighted by molar-refractivity contribution is 7.91. The molecule has 2 aliphatic rings. The lowest BCUT2D eigenvalue weighted by molar-refractivity contribution is -0.133. The van der Waals surface area contributed by atoms with Gasteiger partial charge in [-0.3, -0.25) is 9.69 Å². The summed E-state index contributed by atoms with van der Waals surface area (Å²) in [5, 5.41) is 0. The zero-order valence-electron chi connectivity index (χ0n) is 13.6. The molecule has 1 aromatic rings. The lowest BCUT2D eigenvalue weighted by Gasteiger charge is -2.30. The van der Waals surface area contributed by atoms with Gasteiger partial charge in [0.1, 0.15) is 0 Å². The van der Waals surface area contributed by atoms with Crippen LogP contribution in [0.15, 0.2) is 24.3 Å². The van der Waals surface area contributed by atoms with Crippen LogP contribution in [0.4, 0.5) is 0 Å². The van der Waals surface area contributed by atoms with Gasteiger partial charge < -0.3 is 4.90 Å². The normalized spacial score (nSPS) is 24.7. The van der Waals surface area contributed by atoms with Gasteiger partial charge in [-0.1, -0.05) is 29.8 Å². The third kappa shape index (κ3) is 3.93. The Balaban J connectivity index is 1.64. The average Bonchev–Trinajstić information content (AvgIpc) is 2.99. The van der Waals surface area contributed by atoms with Gasteiger partial charge in [-0.25, -0.2) is 8.42 Å². The summed E-state index contributed by atoms with van der Waals surface area (Å²) in [6.45, 7) is 4.13. The molecule has 23 heavy (non-hydrogen) atoms. The molecular formula is C17H24N2O3S. The largest absolute Gasteiger partial charge is 0.335 e. The molecule has 2 aliphatic heterocycles. The summed E-state index contributed by atoms with van der Waals surface area (Å²) in [6, 6.07) is 8.52. The zero-order valence-corrected chi connectivity index (χ0v) is 14.4. The fourth-order valence-corrected chi connectivity index (χ4v) is 4.76. The monoisotopic (exact) mass is 336 g/mol. The van der Waals surface area contributed by atoms with Gasteiger partial charge in [0.25, 0.3) is 0 Å². The Labute approximate surface area is 138 Å². The first kappa shape index (κ1) is 16.5. The molecule has 0 unspecified atom stereocenters. The Morgan fingerprint density at radius 3 is 2.65 bits per heavy atom. The molecule has 5 nitrogen and oxygen atoms in total. The van der Waals surface area contributed by atoms with Gasteiger partial charge in [-0.2, -0.15) is 0 Å². The van der Waals surface area contributed by atoms with Crippen molar-refractivity contribution in [3.05, 3.63) is 35.4 Å². The molecule has 0 aliphatic carbocycles. The third-order valence-electron chi connectivity index (χ3n) is 4.80. The predicted molar refractivity (Wildman–Crippen MR) is 90.0 cm³/mol. The second kappa shape index (κ2) is 6.61. The van der Waals surface area contributed by atoms with Crippen molar-refractivity contribution in [1.29, 1.82) is 0 Å². The van der Waals surface area contributed by atoms with Gasteiger partial charge >= 0.3 is 0 Å². The van der Waals surface area contributed by atoms with Crippen LogP contribution in [0.25, 0.3) is 0 Å². The molecule has 0 radical (unpaired) electrons. The van der Waals surface area contributed by atoms with Gasteiger partial charge in [0.15, 0.2) is 9.84 Å².